The molecule has 0 aromatic heterocycles. The van der Waals surface area contributed by atoms with E-state index in [4.69, 9.17) is 11.6 Å². The first-order valence-electron chi connectivity index (χ1n) is 5.98. The first-order chi connectivity index (χ1) is 8.84. The molecule has 0 saturated heterocycles. The summed E-state index contributed by atoms with van der Waals surface area (Å²) in [6.07, 6.45) is 0. The predicted molar refractivity (Wildman–Crippen MR) is 76.3 cm³/mol. The van der Waals surface area contributed by atoms with Crippen LogP contribution in [0.2, 0.25) is 5.02 Å². The fraction of sp³-hybridized carbons (Fsp3) is 0.133. The van der Waals surface area contributed by atoms with E-state index in [0.29, 0.717) is 0 Å². The van der Waals surface area contributed by atoms with Crippen LogP contribution in [0.15, 0.2) is 53.5 Å². The van der Waals surface area contributed by atoms with Crippen LogP contribution in [0.1, 0.15) is 5.56 Å². The van der Waals surface area contributed by atoms with E-state index in [1.807, 2.05) is 30.3 Å². The molecule has 0 amide bonds. The maximum Gasteiger partial charge on any atom is 0.128 e. The highest BCUT2D eigenvalue weighted by atomic mass is 35.5. The highest BCUT2D eigenvalue weighted by molar-refractivity contribution is 6.33. The molecule has 0 fully saturated rings. The van der Waals surface area contributed by atoms with Crippen molar-refractivity contribution in [2.45, 2.75) is 0 Å². The summed E-state index contributed by atoms with van der Waals surface area (Å²) in [4.78, 5) is 4.44. The summed E-state index contributed by atoms with van der Waals surface area (Å²) in [7, 11) is 0. The minimum absolute atomic E-state index is 0.774. The average molecular weight is 257 g/mol. The number of halogens is 1. The minimum atomic E-state index is 0.774. The highest BCUT2D eigenvalue weighted by Gasteiger charge is 2.09. The van der Waals surface area contributed by atoms with Crippen molar-refractivity contribution in [3.63, 3.8) is 0 Å². The molecule has 0 aliphatic carbocycles. The van der Waals surface area contributed by atoms with Gasteiger partial charge in [-0.25, -0.2) is 0 Å². The van der Waals surface area contributed by atoms with Crippen LogP contribution < -0.4 is 5.32 Å². The SMILES string of the molecule is Clc1ccccc1-c1cccc(C2=NCCN2)c1. The molecular weight excluding hydrogens is 244 g/mol. The van der Waals surface area contributed by atoms with E-state index in [0.717, 1.165) is 40.6 Å². The average Bonchev–Trinajstić information content (AvgIpc) is 2.93. The number of nitrogens with zero attached hydrogens (tertiary/aromatic N) is 1. The molecule has 2 aromatic carbocycles. The summed E-state index contributed by atoms with van der Waals surface area (Å²) in [5.41, 5.74) is 3.29. The summed E-state index contributed by atoms with van der Waals surface area (Å²) in [5.74, 6) is 0.976. The molecule has 0 unspecified atom stereocenters. The lowest BCUT2D eigenvalue weighted by molar-refractivity contribution is 0.960. The van der Waals surface area contributed by atoms with E-state index in [2.05, 4.69) is 28.5 Å². The lowest BCUT2D eigenvalue weighted by Crippen LogP contribution is -2.19. The van der Waals surface area contributed by atoms with Crippen LogP contribution in [0.5, 0.6) is 0 Å². The number of aliphatic imine (C=N–C) groups is 1. The molecule has 1 N–H and O–H groups in total. The monoisotopic (exact) mass is 256 g/mol. The van der Waals surface area contributed by atoms with Crippen LogP contribution in [0.3, 0.4) is 0 Å². The van der Waals surface area contributed by atoms with Crippen molar-refractivity contribution in [1.82, 2.24) is 5.32 Å². The number of nitrogens with one attached hydrogen (secondary N) is 1. The largest absolute Gasteiger partial charge is 0.368 e. The van der Waals surface area contributed by atoms with Gasteiger partial charge in [0.05, 0.1) is 6.54 Å². The van der Waals surface area contributed by atoms with Crippen molar-refractivity contribution in [2.24, 2.45) is 4.99 Å². The van der Waals surface area contributed by atoms with E-state index in [-0.39, 0.29) is 0 Å². The molecule has 0 saturated carbocycles. The molecule has 0 bridgehead atoms. The molecule has 2 aromatic rings. The van der Waals surface area contributed by atoms with E-state index in [1.54, 1.807) is 0 Å². The maximum atomic E-state index is 6.22. The smallest absolute Gasteiger partial charge is 0.128 e. The van der Waals surface area contributed by atoms with Gasteiger partial charge in [0, 0.05) is 22.7 Å². The summed E-state index contributed by atoms with van der Waals surface area (Å²) >= 11 is 6.22. The van der Waals surface area contributed by atoms with Gasteiger partial charge in [0.25, 0.3) is 0 Å². The van der Waals surface area contributed by atoms with E-state index in [1.165, 1.54) is 0 Å². The van der Waals surface area contributed by atoms with Gasteiger partial charge in [-0.2, -0.15) is 0 Å². The van der Waals surface area contributed by atoms with Gasteiger partial charge in [-0.3, -0.25) is 4.99 Å². The van der Waals surface area contributed by atoms with Crippen LogP contribution in [-0.2, 0) is 0 Å². The molecule has 0 atom stereocenters. The van der Waals surface area contributed by atoms with Gasteiger partial charge < -0.3 is 5.32 Å². The Labute approximate surface area is 111 Å². The van der Waals surface area contributed by atoms with Crippen LogP contribution >= 0.6 is 11.6 Å². The second-order valence-electron chi connectivity index (χ2n) is 4.22. The standard InChI is InChI=1S/C15H13ClN2/c16-14-7-2-1-6-13(14)11-4-3-5-12(10-11)15-17-8-9-18-15/h1-7,10H,8-9H2,(H,17,18). The number of benzene rings is 2. The second kappa shape index (κ2) is 4.83. The quantitative estimate of drug-likeness (QED) is 0.876. The number of hydrogen-bond acceptors (Lipinski definition) is 2. The summed E-state index contributed by atoms with van der Waals surface area (Å²) in [6, 6.07) is 16.2. The lowest BCUT2D eigenvalue weighted by Gasteiger charge is -2.07. The van der Waals surface area contributed by atoms with Crippen LogP contribution in [0.25, 0.3) is 11.1 Å². The Balaban J connectivity index is 2.04. The first-order valence-corrected chi connectivity index (χ1v) is 6.36. The van der Waals surface area contributed by atoms with Gasteiger partial charge in [0.1, 0.15) is 5.84 Å². The molecule has 90 valence electrons. The van der Waals surface area contributed by atoms with Crippen LogP contribution in [-0.4, -0.2) is 18.9 Å². The molecule has 3 heteroatoms. The maximum absolute atomic E-state index is 6.22. The molecular formula is C15H13ClN2. The van der Waals surface area contributed by atoms with Crippen molar-refractivity contribution < 1.29 is 0 Å². The van der Waals surface area contributed by atoms with Crippen molar-refractivity contribution in [2.75, 3.05) is 13.1 Å². The zero-order valence-corrected chi connectivity index (χ0v) is 10.6. The first kappa shape index (κ1) is 11.3. The molecule has 18 heavy (non-hydrogen) atoms. The fourth-order valence-electron chi connectivity index (χ4n) is 2.12. The van der Waals surface area contributed by atoms with E-state index < -0.39 is 0 Å². The Morgan fingerprint density at radius 3 is 2.61 bits per heavy atom. The summed E-state index contributed by atoms with van der Waals surface area (Å²) < 4.78 is 0. The number of amidine groups is 1. The van der Waals surface area contributed by atoms with Crippen molar-refractivity contribution >= 4 is 17.4 Å². The number of hydrogen-bond donors (Lipinski definition) is 1. The molecule has 0 radical (unpaired) electrons. The molecule has 0 spiro atoms. The Hall–Kier alpha value is -1.80. The predicted octanol–water partition coefficient (Wildman–Crippen LogP) is 3.36. The highest BCUT2D eigenvalue weighted by Crippen LogP contribution is 2.28. The molecule has 3 rings (SSSR count). The Morgan fingerprint density at radius 2 is 1.83 bits per heavy atom. The molecule has 1 aliphatic heterocycles. The Bertz CT molecular complexity index is 605. The minimum Gasteiger partial charge on any atom is -0.368 e. The van der Waals surface area contributed by atoms with Crippen molar-refractivity contribution in [1.29, 1.82) is 0 Å². The Kier molecular flexibility index (Phi) is 3.03. The van der Waals surface area contributed by atoms with Gasteiger partial charge >= 0.3 is 0 Å². The molecule has 1 heterocycles. The zero-order chi connectivity index (χ0) is 12.4. The van der Waals surface area contributed by atoms with Crippen LogP contribution in [0, 0.1) is 0 Å². The third-order valence-electron chi connectivity index (χ3n) is 3.00. The van der Waals surface area contributed by atoms with Gasteiger partial charge in [-0.15, -0.1) is 0 Å². The number of rotatable bonds is 2. The van der Waals surface area contributed by atoms with Crippen molar-refractivity contribution in [3.8, 4) is 11.1 Å². The summed E-state index contributed by atoms with van der Waals surface area (Å²) in [6.45, 7) is 1.78. The third kappa shape index (κ3) is 2.12. The van der Waals surface area contributed by atoms with Crippen molar-refractivity contribution in [3.05, 3.63) is 59.1 Å². The van der Waals surface area contributed by atoms with E-state index >= 15 is 0 Å². The fourth-order valence-corrected chi connectivity index (χ4v) is 2.37. The lowest BCUT2D eigenvalue weighted by atomic mass is 10.0. The third-order valence-corrected chi connectivity index (χ3v) is 3.32. The Morgan fingerprint density at radius 1 is 1.00 bits per heavy atom. The van der Waals surface area contributed by atoms with E-state index in [9.17, 15) is 0 Å². The molecule has 2 nitrogen and oxygen atoms in total. The second-order valence-corrected chi connectivity index (χ2v) is 4.62. The van der Waals surface area contributed by atoms with Gasteiger partial charge in [0.2, 0.25) is 0 Å². The van der Waals surface area contributed by atoms with Gasteiger partial charge in [0.15, 0.2) is 0 Å². The normalized spacial score (nSPS) is 14.2. The molecule has 1 aliphatic rings. The van der Waals surface area contributed by atoms with Gasteiger partial charge in [-0.1, -0.05) is 48.0 Å². The van der Waals surface area contributed by atoms with Gasteiger partial charge in [-0.05, 0) is 17.7 Å². The van der Waals surface area contributed by atoms with Crippen LogP contribution in [0.4, 0.5) is 0 Å². The topological polar surface area (TPSA) is 24.4 Å². The zero-order valence-electron chi connectivity index (χ0n) is 9.86. The summed E-state index contributed by atoms with van der Waals surface area (Å²) in [5, 5.41) is 4.06.